The molecule has 0 aliphatic heterocycles. The topological polar surface area (TPSA) is 33.2 Å². The summed E-state index contributed by atoms with van der Waals surface area (Å²) in [4.78, 5) is 18.4. The van der Waals surface area contributed by atoms with E-state index in [0.29, 0.717) is 6.42 Å². The van der Waals surface area contributed by atoms with Gasteiger partial charge in [0.25, 0.3) is 0 Å². The molecule has 0 unspecified atom stereocenters. The zero-order chi connectivity index (χ0) is 14.0. The van der Waals surface area contributed by atoms with Crippen LogP contribution >= 0.6 is 0 Å². The lowest BCUT2D eigenvalue weighted by atomic mass is 9.91. The van der Waals surface area contributed by atoms with E-state index < -0.39 is 0 Å². The van der Waals surface area contributed by atoms with Crippen molar-refractivity contribution < 1.29 is 4.79 Å². The van der Waals surface area contributed by atoms with Gasteiger partial charge in [-0.15, -0.1) is 0 Å². The molecular weight excluding hydrogens is 236 g/mol. The highest BCUT2D eigenvalue weighted by molar-refractivity contribution is 6.02. The summed E-state index contributed by atoms with van der Waals surface area (Å²) in [6.45, 7) is 6.22. The summed E-state index contributed by atoms with van der Waals surface area (Å²) in [5.74, 6) is 0.129. The van der Waals surface area contributed by atoms with E-state index in [-0.39, 0.29) is 11.3 Å². The van der Waals surface area contributed by atoms with Crippen molar-refractivity contribution >= 4 is 22.5 Å². The van der Waals surface area contributed by atoms with Crippen molar-refractivity contribution in [2.45, 2.75) is 27.2 Å². The molecule has 0 aliphatic carbocycles. The predicted octanol–water partition coefficient (Wildman–Crippen LogP) is 3.63. The summed E-state index contributed by atoms with van der Waals surface area (Å²) in [5, 5.41) is 1.01. The molecule has 0 saturated heterocycles. The molecule has 100 valence electrons. The molecular formula is C16H20N2O. The van der Waals surface area contributed by atoms with Gasteiger partial charge in [0, 0.05) is 25.1 Å². The van der Waals surface area contributed by atoms with Crippen LogP contribution in [0, 0.1) is 5.41 Å². The molecule has 1 amide bonds. The number of benzene rings is 1. The first-order chi connectivity index (χ1) is 8.88. The number of hydrogen-bond donors (Lipinski definition) is 0. The van der Waals surface area contributed by atoms with Crippen LogP contribution in [0.2, 0.25) is 0 Å². The third kappa shape index (κ3) is 3.11. The summed E-state index contributed by atoms with van der Waals surface area (Å²) in [6.07, 6.45) is 2.28. The smallest absolute Gasteiger partial charge is 0.227 e. The van der Waals surface area contributed by atoms with Crippen LogP contribution in [0.1, 0.15) is 27.2 Å². The van der Waals surface area contributed by atoms with E-state index in [1.54, 1.807) is 11.1 Å². The highest BCUT2D eigenvalue weighted by Crippen LogP contribution is 2.27. The lowest BCUT2D eigenvalue weighted by Gasteiger charge is -2.24. The van der Waals surface area contributed by atoms with Crippen LogP contribution in [0.3, 0.4) is 0 Å². The number of para-hydroxylation sites is 1. The van der Waals surface area contributed by atoms with Crippen molar-refractivity contribution in [3.63, 3.8) is 0 Å². The molecule has 0 N–H and O–H groups in total. The lowest BCUT2D eigenvalue weighted by Crippen LogP contribution is -2.30. The molecule has 19 heavy (non-hydrogen) atoms. The Bertz CT molecular complexity index is 594. The van der Waals surface area contributed by atoms with Crippen molar-refractivity contribution in [2.24, 2.45) is 5.41 Å². The van der Waals surface area contributed by atoms with Gasteiger partial charge in [-0.2, -0.15) is 0 Å². The molecule has 0 fully saturated rings. The molecule has 1 aromatic carbocycles. The normalized spacial score (nSPS) is 11.6. The fourth-order valence-corrected chi connectivity index (χ4v) is 2.08. The molecule has 3 heteroatoms. The molecule has 3 nitrogen and oxygen atoms in total. The number of nitrogens with zero attached hydrogens (tertiary/aromatic N) is 2. The van der Waals surface area contributed by atoms with Crippen molar-refractivity contribution in [3.05, 3.63) is 36.5 Å². The Balaban J connectivity index is 2.36. The Morgan fingerprint density at radius 3 is 2.58 bits per heavy atom. The van der Waals surface area contributed by atoms with Crippen LogP contribution in [0.15, 0.2) is 36.5 Å². The SMILES string of the molecule is CN(C(=O)CC(C)(C)C)c1ccnc2ccccc12. The molecule has 2 rings (SSSR count). The fraction of sp³-hybridized carbons (Fsp3) is 0.375. The Kier molecular flexibility index (Phi) is 3.56. The van der Waals surface area contributed by atoms with E-state index in [4.69, 9.17) is 0 Å². The number of amides is 1. The van der Waals surface area contributed by atoms with Crippen LogP contribution in [0.4, 0.5) is 5.69 Å². The number of fused-ring (bicyclic) bond motifs is 1. The van der Waals surface area contributed by atoms with Crippen LogP contribution in [0.5, 0.6) is 0 Å². The maximum absolute atomic E-state index is 12.3. The van der Waals surface area contributed by atoms with E-state index in [2.05, 4.69) is 25.8 Å². The molecule has 0 bridgehead atoms. The third-order valence-electron chi connectivity index (χ3n) is 3.04. The first-order valence-corrected chi connectivity index (χ1v) is 6.49. The highest BCUT2D eigenvalue weighted by atomic mass is 16.2. The first-order valence-electron chi connectivity index (χ1n) is 6.49. The minimum Gasteiger partial charge on any atom is -0.315 e. The second-order valence-electron chi connectivity index (χ2n) is 6.04. The van der Waals surface area contributed by atoms with Gasteiger partial charge >= 0.3 is 0 Å². The largest absolute Gasteiger partial charge is 0.315 e. The predicted molar refractivity (Wildman–Crippen MR) is 79.2 cm³/mol. The fourth-order valence-electron chi connectivity index (χ4n) is 2.08. The summed E-state index contributed by atoms with van der Waals surface area (Å²) >= 11 is 0. The molecule has 0 atom stereocenters. The maximum Gasteiger partial charge on any atom is 0.227 e. The number of hydrogen-bond acceptors (Lipinski definition) is 2. The number of carbonyl (C=O) groups is 1. The Morgan fingerprint density at radius 1 is 1.21 bits per heavy atom. The van der Waals surface area contributed by atoms with E-state index >= 15 is 0 Å². The Labute approximate surface area is 114 Å². The second kappa shape index (κ2) is 5.00. The summed E-state index contributed by atoms with van der Waals surface area (Å²) < 4.78 is 0. The van der Waals surface area contributed by atoms with Crippen molar-refractivity contribution in [1.29, 1.82) is 0 Å². The third-order valence-corrected chi connectivity index (χ3v) is 3.04. The molecule has 0 saturated carbocycles. The van der Waals surface area contributed by atoms with Gasteiger partial charge in [0.15, 0.2) is 0 Å². The van der Waals surface area contributed by atoms with Crippen molar-refractivity contribution in [3.8, 4) is 0 Å². The van der Waals surface area contributed by atoms with Crippen LogP contribution in [-0.2, 0) is 4.79 Å². The standard InChI is InChI=1S/C16H20N2O/c1-16(2,3)11-15(19)18(4)14-9-10-17-13-8-6-5-7-12(13)14/h5-10H,11H2,1-4H3. The monoisotopic (exact) mass is 256 g/mol. The molecule has 0 spiro atoms. The minimum absolute atomic E-state index is 0.00578. The van der Waals surface area contributed by atoms with Gasteiger partial charge in [0.2, 0.25) is 5.91 Å². The van der Waals surface area contributed by atoms with Gasteiger partial charge in [-0.1, -0.05) is 39.0 Å². The van der Waals surface area contributed by atoms with Gasteiger partial charge in [0.1, 0.15) is 0 Å². The minimum atomic E-state index is -0.00578. The first kappa shape index (κ1) is 13.5. The van der Waals surface area contributed by atoms with Crippen molar-refractivity contribution in [1.82, 2.24) is 4.98 Å². The molecule has 1 aromatic heterocycles. The van der Waals surface area contributed by atoms with Gasteiger partial charge in [-0.05, 0) is 17.5 Å². The van der Waals surface area contributed by atoms with Gasteiger partial charge in [-0.3, -0.25) is 9.78 Å². The van der Waals surface area contributed by atoms with Gasteiger partial charge in [0.05, 0.1) is 11.2 Å². The second-order valence-corrected chi connectivity index (χ2v) is 6.04. The van der Waals surface area contributed by atoms with Gasteiger partial charge < -0.3 is 4.90 Å². The lowest BCUT2D eigenvalue weighted by molar-refractivity contribution is -0.119. The zero-order valence-corrected chi connectivity index (χ0v) is 12.0. The Hall–Kier alpha value is -1.90. The number of carbonyl (C=O) groups excluding carboxylic acids is 1. The van der Waals surface area contributed by atoms with E-state index in [0.717, 1.165) is 16.6 Å². The highest BCUT2D eigenvalue weighted by Gasteiger charge is 2.20. The Morgan fingerprint density at radius 2 is 1.89 bits per heavy atom. The van der Waals surface area contributed by atoms with Gasteiger partial charge in [-0.25, -0.2) is 0 Å². The summed E-state index contributed by atoms with van der Waals surface area (Å²) in [6, 6.07) is 9.77. The van der Waals surface area contributed by atoms with Crippen molar-refractivity contribution in [2.75, 3.05) is 11.9 Å². The number of aromatic nitrogens is 1. The molecule has 2 aromatic rings. The van der Waals surface area contributed by atoms with Crippen LogP contribution in [0.25, 0.3) is 10.9 Å². The van der Waals surface area contributed by atoms with Crippen LogP contribution < -0.4 is 4.90 Å². The van der Waals surface area contributed by atoms with Crippen LogP contribution in [-0.4, -0.2) is 17.9 Å². The zero-order valence-electron chi connectivity index (χ0n) is 12.0. The average molecular weight is 256 g/mol. The molecule has 0 radical (unpaired) electrons. The molecule has 0 aliphatic rings. The number of rotatable bonds is 2. The number of pyridine rings is 1. The summed E-state index contributed by atoms with van der Waals surface area (Å²) in [7, 11) is 1.83. The van der Waals surface area contributed by atoms with E-state index in [1.807, 2.05) is 37.4 Å². The summed E-state index contributed by atoms with van der Waals surface area (Å²) in [5.41, 5.74) is 1.82. The average Bonchev–Trinajstić information content (AvgIpc) is 2.35. The maximum atomic E-state index is 12.3. The van der Waals surface area contributed by atoms with E-state index in [9.17, 15) is 4.79 Å². The number of anilines is 1. The quantitative estimate of drug-likeness (QED) is 0.822. The van der Waals surface area contributed by atoms with E-state index in [1.165, 1.54) is 0 Å². The molecule has 1 heterocycles.